The van der Waals surface area contributed by atoms with Gasteiger partial charge in [-0.1, -0.05) is 26.7 Å². The Balaban J connectivity index is 2.22. The molecule has 3 N–H and O–H groups in total. The first-order valence-electron chi connectivity index (χ1n) is 7.27. The summed E-state index contributed by atoms with van der Waals surface area (Å²) < 4.78 is 0. The Morgan fingerprint density at radius 3 is 2.26 bits per heavy atom. The second kappa shape index (κ2) is 7.48. The molecular formula is C14H26N2O3. The van der Waals surface area contributed by atoms with E-state index in [0.717, 1.165) is 25.7 Å². The van der Waals surface area contributed by atoms with Crippen LogP contribution < -0.4 is 10.6 Å². The van der Waals surface area contributed by atoms with Crippen molar-refractivity contribution in [2.45, 2.75) is 58.0 Å². The van der Waals surface area contributed by atoms with E-state index < -0.39 is 5.60 Å². The Kier molecular flexibility index (Phi) is 6.28. The number of aliphatic hydroxyl groups is 1. The van der Waals surface area contributed by atoms with Crippen molar-refractivity contribution in [1.29, 1.82) is 0 Å². The largest absolute Gasteiger partial charge is 0.388 e. The molecule has 0 radical (unpaired) electrons. The van der Waals surface area contributed by atoms with Crippen molar-refractivity contribution >= 4 is 11.8 Å². The van der Waals surface area contributed by atoms with Crippen LogP contribution in [0.5, 0.6) is 0 Å². The maximum absolute atomic E-state index is 11.7. The molecular weight excluding hydrogens is 244 g/mol. The van der Waals surface area contributed by atoms with Gasteiger partial charge in [-0.25, -0.2) is 0 Å². The Morgan fingerprint density at radius 1 is 1.16 bits per heavy atom. The van der Waals surface area contributed by atoms with E-state index >= 15 is 0 Å². The van der Waals surface area contributed by atoms with Gasteiger partial charge in [0.1, 0.15) is 0 Å². The summed E-state index contributed by atoms with van der Waals surface area (Å²) in [6.45, 7) is 4.01. The number of nitrogens with one attached hydrogen (secondary N) is 2. The van der Waals surface area contributed by atoms with Crippen LogP contribution >= 0.6 is 0 Å². The van der Waals surface area contributed by atoms with Crippen molar-refractivity contribution in [2.24, 2.45) is 5.92 Å². The molecule has 1 fully saturated rings. The van der Waals surface area contributed by atoms with E-state index in [9.17, 15) is 14.7 Å². The Labute approximate surface area is 115 Å². The summed E-state index contributed by atoms with van der Waals surface area (Å²) in [4.78, 5) is 23.3. The topological polar surface area (TPSA) is 78.4 Å². The minimum absolute atomic E-state index is 0.00115. The summed E-state index contributed by atoms with van der Waals surface area (Å²) in [5.74, 6) is -0.184. The fourth-order valence-electron chi connectivity index (χ4n) is 2.33. The molecule has 110 valence electrons. The van der Waals surface area contributed by atoms with Gasteiger partial charge in [0.05, 0.1) is 12.1 Å². The van der Waals surface area contributed by atoms with Crippen LogP contribution in [0.3, 0.4) is 0 Å². The predicted octanol–water partition coefficient (Wildman–Crippen LogP) is 0.960. The first-order valence-corrected chi connectivity index (χ1v) is 7.27. The second-order valence-electron chi connectivity index (χ2n) is 5.41. The van der Waals surface area contributed by atoms with Gasteiger partial charge in [0.15, 0.2) is 0 Å². The minimum atomic E-state index is -0.842. The molecule has 2 amide bonds. The highest BCUT2D eigenvalue weighted by atomic mass is 16.3. The minimum Gasteiger partial charge on any atom is -0.388 e. The molecule has 5 heteroatoms. The van der Waals surface area contributed by atoms with Gasteiger partial charge in [0, 0.05) is 12.5 Å². The average molecular weight is 270 g/mol. The van der Waals surface area contributed by atoms with Crippen LogP contribution in [0.2, 0.25) is 0 Å². The summed E-state index contributed by atoms with van der Waals surface area (Å²) in [6, 6.07) is 0. The van der Waals surface area contributed by atoms with Gasteiger partial charge < -0.3 is 15.7 Å². The lowest BCUT2D eigenvalue weighted by Gasteiger charge is -2.25. The standard InChI is InChI=1S/C14H26N2O3/c1-3-14(19,4-2)10-16-12(17)9-15-13(18)11-7-5-6-8-11/h11,19H,3-10H2,1-2H3,(H,15,18)(H,16,17). The first-order chi connectivity index (χ1) is 9.00. The Hall–Kier alpha value is -1.10. The SMILES string of the molecule is CCC(O)(CC)CNC(=O)CNC(=O)C1CCCC1. The van der Waals surface area contributed by atoms with Crippen molar-refractivity contribution in [3.63, 3.8) is 0 Å². The van der Waals surface area contributed by atoms with Crippen LogP contribution in [0, 0.1) is 5.92 Å². The van der Waals surface area contributed by atoms with E-state index in [2.05, 4.69) is 10.6 Å². The highest BCUT2D eigenvalue weighted by Gasteiger charge is 2.24. The summed E-state index contributed by atoms with van der Waals surface area (Å²) in [5, 5.41) is 15.4. The van der Waals surface area contributed by atoms with Crippen molar-refractivity contribution in [3.8, 4) is 0 Å². The van der Waals surface area contributed by atoms with Gasteiger partial charge in [-0.3, -0.25) is 9.59 Å². The summed E-state index contributed by atoms with van der Waals surface area (Å²) >= 11 is 0. The molecule has 19 heavy (non-hydrogen) atoms. The lowest BCUT2D eigenvalue weighted by atomic mass is 9.98. The zero-order valence-corrected chi connectivity index (χ0v) is 12.0. The summed E-state index contributed by atoms with van der Waals surface area (Å²) in [6.07, 6.45) is 5.25. The third-order valence-electron chi connectivity index (χ3n) is 4.08. The fraction of sp³-hybridized carbons (Fsp3) is 0.857. The van der Waals surface area contributed by atoms with Crippen molar-refractivity contribution in [3.05, 3.63) is 0 Å². The van der Waals surface area contributed by atoms with Gasteiger partial charge in [0.2, 0.25) is 11.8 Å². The highest BCUT2D eigenvalue weighted by molar-refractivity contribution is 5.85. The Bertz CT molecular complexity index is 308. The van der Waals surface area contributed by atoms with Crippen LogP contribution in [0.1, 0.15) is 52.4 Å². The van der Waals surface area contributed by atoms with Crippen LogP contribution in [0.4, 0.5) is 0 Å². The molecule has 0 atom stereocenters. The van der Waals surface area contributed by atoms with Crippen LogP contribution in [-0.4, -0.2) is 35.6 Å². The number of rotatable bonds is 7. The molecule has 1 aliphatic rings. The quantitative estimate of drug-likeness (QED) is 0.645. The van der Waals surface area contributed by atoms with Gasteiger partial charge in [-0.15, -0.1) is 0 Å². The van der Waals surface area contributed by atoms with Gasteiger partial charge in [-0.2, -0.15) is 0 Å². The van der Waals surface area contributed by atoms with Crippen molar-refractivity contribution in [2.75, 3.05) is 13.1 Å². The summed E-state index contributed by atoms with van der Waals surface area (Å²) in [5.41, 5.74) is -0.842. The van der Waals surface area contributed by atoms with E-state index in [0.29, 0.717) is 12.8 Å². The molecule has 5 nitrogen and oxygen atoms in total. The molecule has 1 rings (SSSR count). The number of hydrogen-bond donors (Lipinski definition) is 3. The molecule has 0 aromatic rings. The third-order valence-corrected chi connectivity index (χ3v) is 4.08. The van der Waals surface area contributed by atoms with Gasteiger partial charge in [0.25, 0.3) is 0 Å². The molecule has 1 aliphatic carbocycles. The molecule has 1 saturated carbocycles. The van der Waals surface area contributed by atoms with Gasteiger partial charge in [-0.05, 0) is 25.7 Å². The fourth-order valence-corrected chi connectivity index (χ4v) is 2.33. The smallest absolute Gasteiger partial charge is 0.239 e. The molecule has 0 saturated heterocycles. The molecule has 0 unspecified atom stereocenters. The second-order valence-corrected chi connectivity index (χ2v) is 5.41. The molecule has 0 aromatic heterocycles. The number of hydrogen-bond acceptors (Lipinski definition) is 3. The van der Waals surface area contributed by atoms with Crippen molar-refractivity contribution < 1.29 is 14.7 Å². The van der Waals surface area contributed by atoms with E-state index in [4.69, 9.17) is 0 Å². The number of carbonyl (C=O) groups excluding carboxylic acids is 2. The number of amides is 2. The first kappa shape index (κ1) is 16.0. The van der Waals surface area contributed by atoms with Crippen LogP contribution in [-0.2, 0) is 9.59 Å². The Morgan fingerprint density at radius 2 is 1.74 bits per heavy atom. The lowest BCUT2D eigenvalue weighted by molar-refractivity contribution is -0.128. The molecule has 0 heterocycles. The monoisotopic (exact) mass is 270 g/mol. The number of carbonyl (C=O) groups is 2. The highest BCUT2D eigenvalue weighted by Crippen LogP contribution is 2.24. The average Bonchev–Trinajstić information content (AvgIpc) is 2.96. The third kappa shape index (κ3) is 5.19. The maximum atomic E-state index is 11.7. The lowest BCUT2D eigenvalue weighted by Crippen LogP contribution is -2.46. The van der Waals surface area contributed by atoms with E-state index in [1.165, 1.54) is 0 Å². The molecule has 0 aliphatic heterocycles. The molecule has 0 aromatic carbocycles. The molecule has 0 bridgehead atoms. The van der Waals surface area contributed by atoms with Crippen molar-refractivity contribution in [1.82, 2.24) is 10.6 Å². The van der Waals surface area contributed by atoms with E-state index in [1.807, 2.05) is 13.8 Å². The van der Waals surface area contributed by atoms with Gasteiger partial charge >= 0.3 is 0 Å². The normalized spacial score (nSPS) is 16.4. The van der Waals surface area contributed by atoms with E-state index in [-0.39, 0.29) is 30.8 Å². The molecule has 0 spiro atoms. The summed E-state index contributed by atoms with van der Waals surface area (Å²) in [7, 11) is 0. The van der Waals surface area contributed by atoms with Crippen LogP contribution in [0.15, 0.2) is 0 Å². The van der Waals surface area contributed by atoms with E-state index in [1.54, 1.807) is 0 Å². The predicted molar refractivity (Wildman–Crippen MR) is 73.5 cm³/mol. The maximum Gasteiger partial charge on any atom is 0.239 e. The zero-order chi connectivity index (χ0) is 14.3. The van der Waals surface area contributed by atoms with Crippen LogP contribution in [0.25, 0.3) is 0 Å². The zero-order valence-electron chi connectivity index (χ0n) is 12.0.